The molecule has 0 aliphatic rings. The topological polar surface area (TPSA) is 32.3 Å². The van der Waals surface area contributed by atoms with Crippen LogP contribution in [0.2, 0.25) is 0 Å². The first-order valence-corrected chi connectivity index (χ1v) is 6.52. The van der Waals surface area contributed by atoms with Crippen molar-refractivity contribution in [1.82, 2.24) is 5.32 Å². The van der Waals surface area contributed by atoms with E-state index in [0.717, 1.165) is 6.54 Å². The number of fused-ring (bicyclic) bond motifs is 1. The quantitative estimate of drug-likeness (QED) is 0.846. The van der Waals surface area contributed by atoms with Crippen LogP contribution < -0.4 is 5.32 Å². The van der Waals surface area contributed by atoms with E-state index < -0.39 is 5.60 Å². The molecule has 0 amide bonds. The zero-order valence-electron chi connectivity index (χ0n) is 11.1. The van der Waals surface area contributed by atoms with Gasteiger partial charge >= 0.3 is 0 Å². The van der Waals surface area contributed by atoms with Crippen molar-refractivity contribution < 1.29 is 5.11 Å². The average Bonchev–Trinajstić information content (AvgIpc) is 2.37. The van der Waals surface area contributed by atoms with Crippen LogP contribution in [0.3, 0.4) is 0 Å². The molecule has 18 heavy (non-hydrogen) atoms. The SMILES string of the molecule is CCNCC(C)(O)Cc1cccc2ccccc12. The first-order valence-electron chi connectivity index (χ1n) is 6.52. The second kappa shape index (κ2) is 5.51. The molecule has 0 fully saturated rings. The summed E-state index contributed by atoms with van der Waals surface area (Å²) in [4.78, 5) is 0. The molecule has 2 rings (SSSR count). The highest BCUT2D eigenvalue weighted by molar-refractivity contribution is 5.85. The lowest BCUT2D eigenvalue weighted by Crippen LogP contribution is -2.39. The zero-order valence-corrected chi connectivity index (χ0v) is 11.1. The van der Waals surface area contributed by atoms with E-state index >= 15 is 0 Å². The maximum absolute atomic E-state index is 10.4. The van der Waals surface area contributed by atoms with E-state index in [1.54, 1.807) is 0 Å². The first-order chi connectivity index (χ1) is 8.62. The largest absolute Gasteiger partial charge is 0.389 e. The Labute approximate surface area is 109 Å². The summed E-state index contributed by atoms with van der Waals surface area (Å²) >= 11 is 0. The molecule has 0 saturated heterocycles. The predicted molar refractivity (Wildman–Crippen MR) is 76.8 cm³/mol. The van der Waals surface area contributed by atoms with Gasteiger partial charge in [0.25, 0.3) is 0 Å². The maximum atomic E-state index is 10.4. The van der Waals surface area contributed by atoms with Crippen LogP contribution in [0.5, 0.6) is 0 Å². The molecule has 0 aliphatic carbocycles. The van der Waals surface area contributed by atoms with Gasteiger partial charge in [-0.1, -0.05) is 49.4 Å². The van der Waals surface area contributed by atoms with Gasteiger partial charge in [0.2, 0.25) is 0 Å². The monoisotopic (exact) mass is 243 g/mol. The van der Waals surface area contributed by atoms with Gasteiger partial charge in [-0.25, -0.2) is 0 Å². The highest BCUT2D eigenvalue weighted by Crippen LogP contribution is 2.22. The summed E-state index contributed by atoms with van der Waals surface area (Å²) in [6.07, 6.45) is 0.668. The lowest BCUT2D eigenvalue weighted by Gasteiger charge is -2.24. The minimum atomic E-state index is -0.708. The maximum Gasteiger partial charge on any atom is 0.0783 e. The van der Waals surface area contributed by atoms with Gasteiger partial charge in [0.15, 0.2) is 0 Å². The summed E-state index contributed by atoms with van der Waals surface area (Å²) in [5, 5.41) is 16.1. The number of rotatable bonds is 5. The molecular weight excluding hydrogens is 222 g/mol. The van der Waals surface area contributed by atoms with Crippen LogP contribution in [-0.2, 0) is 6.42 Å². The molecule has 0 saturated carbocycles. The van der Waals surface area contributed by atoms with E-state index in [1.165, 1.54) is 16.3 Å². The Bertz CT molecular complexity index is 514. The molecule has 2 N–H and O–H groups in total. The Kier molecular flexibility index (Phi) is 4.00. The Balaban J connectivity index is 2.26. The molecule has 2 heteroatoms. The third-order valence-corrected chi connectivity index (χ3v) is 3.21. The van der Waals surface area contributed by atoms with Crippen LogP contribution in [0.25, 0.3) is 10.8 Å². The molecule has 0 heterocycles. The number of hydrogen-bond donors (Lipinski definition) is 2. The molecule has 96 valence electrons. The summed E-state index contributed by atoms with van der Waals surface area (Å²) in [6, 6.07) is 14.6. The van der Waals surface area contributed by atoms with Gasteiger partial charge in [-0.15, -0.1) is 0 Å². The van der Waals surface area contributed by atoms with Crippen molar-refractivity contribution >= 4 is 10.8 Å². The predicted octanol–water partition coefficient (Wildman–Crippen LogP) is 2.74. The van der Waals surface area contributed by atoms with Crippen molar-refractivity contribution in [3.05, 3.63) is 48.0 Å². The molecule has 2 aromatic carbocycles. The first kappa shape index (κ1) is 13.1. The van der Waals surface area contributed by atoms with Crippen LogP contribution in [0, 0.1) is 0 Å². The zero-order chi connectivity index (χ0) is 13.0. The number of hydrogen-bond acceptors (Lipinski definition) is 2. The van der Waals surface area contributed by atoms with Crippen molar-refractivity contribution in [2.45, 2.75) is 25.9 Å². The van der Waals surface area contributed by atoms with Crippen LogP contribution >= 0.6 is 0 Å². The van der Waals surface area contributed by atoms with Crippen LogP contribution in [-0.4, -0.2) is 23.8 Å². The summed E-state index contributed by atoms with van der Waals surface area (Å²) in [6.45, 7) is 5.43. The molecule has 0 spiro atoms. The van der Waals surface area contributed by atoms with Crippen LogP contribution in [0.15, 0.2) is 42.5 Å². The van der Waals surface area contributed by atoms with E-state index in [9.17, 15) is 5.11 Å². The highest BCUT2D eigenvalue weighted by atomic mass is 16.3. The second-order valence-corrected chi connectivity index (χ2v) is 5.09. The van der Waals surface area contributed by atoms with Crippen molar-refractivity contribution in [3.8, 4) is 0 Å². The fourth-order valence-corrected chi connectivity index (χ4v) is 2.31. The normalized spacial score (nSPS) is 14.6. The van der Waals surface area contributed by atoms with Gasteiger partial charge in [-0.2, -0.15) is 0 Å². The van der Waals surface area contributed by atoms with Crippen molar-refractivity contribution in [2.24, 2.45) is 0 Å². The summed E-state index contributed by atoms with van der Waals surface area (Å²) in [5.41, 5.74) is 0.496. The highest BCUT2D eigenvalue weighted by Gasteiger charge is 2.21. The molecule has 1 atom stereocenters. The average molecular weight is 243 g/mol. The van der Waals surface area contributed by atoms with Gasteiger partial charge in [0, 0.05) is 13.0 Å². The molecule has 0 aromatic heterocycles. The number of aliphatic hydroxyl groups is 1. The van der Waals surface area contributed by atoms with Crippen molar-refractivity contribution in [3.63, 3.8) is 0 Å². The van der Waals surface area contributed by atoms with Gasteiger partial charge in [-0.3, -0.25) is 0 Å². The Morgan fingerprint density at radius 2 is 1.83 bits per heavy atom. The Hall–Kier alpha value is -1.38. The minimum Gasteiger partial charge on any atom is -0.389 e. The number of nitrogens with one attached hydrogen (secondary N) is 1. The smallest absolute Gasteiger partial charge is 0.0783 e. The Morgan fingerprint density at radius 1 is 1.11 bits per heavy atom. The number of benzene rings is 2. The van der Waals surface area contributed by atoms with Gasteiger partial charge in [0.05, 0.1) is 5.60 Å². The van der Waals surface area contributed by atoms with Gasteiger partial charge < -0.3 is 10.4 Å². The third-order valence-electron chi connectivity index (χ3n) is 3.21. The molecule has 0 bridgehead atoms. The molecule has 2 aromatic rings. The standard InChI is InChI=1S/C16H21NO/c1-3-17-12-16(2,18)11-14-9-6-8-13-7-4-5-10-15(13)14/h4-10,17-18H,3,11-12H2,1-2H3. The lowest BCUT2D eigenvalue weighted by atomic mass is 9.93. The Morgan fingerprint density at radius 3 is 2.61 bits per heavy atom. The lowest BCUT2D eigenvalue weighted by molar-refractivity contribution is 0.0611. The number of likely N-dealkylation sites (N-methyl/N-ethyl adjacent to an activating group) is 1. The van der Waals surface area contributed by atoms with E-state index in [1.807, 2.05) is 26.0 Å². The third kappa shape index (κ3) is 3.09. The summed E-state index contributed by atoms with van der Waals surface area (Å²) < 4.78 is 0. The molecule has 1 unspecified atom stereocenters. The van der Waals surface area contributed by atoms with E-state index in [0.29, 0.717) is 13.0 Å². The fourth-order valence-electron chi connectivity index (χ4n) is 2.31. The fraction of sp³-hybridized carbons (Fsp3) is 0.375. The summed E-state index contributed by atoms with van der Waals surface area (Å²) in [7, 11) is 0. The minimum absolute atomic E-state index is 0.618. The van der Waals surface area contributed by atoms with Gasteiger partial charge in [0.1, 0.15) is 0 Å². The molecular formula is C16H21NO. The molecule has 2 nitrogen and oxygen atoms in total. The second-order valence-electron chi connectivity index (χ2n) is 5.09. The van der Waals surface area contributed by atoms with E-state index in [-0.39, 0.29) is 0 Å². The van der Waals surface area contributed by atoms with E-state index in [2.05, 4.69) is 35.6 Å². The van der Waals surface area contributed by atoms with Crippen LogP contribution in [0.4, 0.5) is 0 Å². The van der Waals surface area contributed by atoms with Crippen molar-refractivity contribution in [1.29, 1.82) is 0 Å². The molecule has 0 radical (unpaired) electrons. The van der Waals surface area contributed by atoms with E-state index in [4.69, 9.17) is 0 Å². The van der Waals surface area contributed by atoms with Gasteiger partial charge in [-0.05, 0) is 29.8 Å². The molecule has 0 aliphatic heterocycles. The van der Waals surface area contributed by atoms with Crippen molar-refractivity contribution in [2.75, 3.05) is 13.1 Å². The van der Waals surface area contributed by atoms with Crippen LogP contribution in [0.1, 0.15) is 19.4 Å². The summed E-state index contributed by atoms with van der Waals surface area (Å²) in [5.74, 6) is 0.